The van der Waals surface area contributed by atoms with Crippen LogP contribution in [-0.4, -0.2) is 74.2 Å². The van der Waals surface area contributed by atoms with Crippen molar-refractivity contribution in [3.63, 3.8) is 0 Å². The van der Waals surface area contributed by atoms with Crippen LogP contribution in [0.4, 0.5) is 10.3 Å². The average molecular weight is 540 g/mol. The maximum atomic E-state index is 14.0. The van der Waals surface area contributed by atoms with E-state index in [4.69, 9.17) is 16.7 Å². The Bertz CT molecular complexity index is 1190. The highest BCUT2D eigenvalue weighted by Crippen LogP contribution is 2.27. The predicted octanol–water partition coefficient (Wildman–Crippen LogP) is 5.12. The largest absolute Gasteiger partial charge is 0.352 e. The topological polar surface area (TPSA) is 79.2 Å². The average Bonchev–Trinajstić information content (AvgIpc) is 3.37. The molecule has 1 atom stereocenters. The van der Waals surface area contributed by atoms with Gasteiger partial charge in [0, 0.05) is 37.4 Å². The summed E-state index contributed by atoms with van der Waals surface area (Å²) in [7, 11) is 0. The first kappa shape index (κ1) is 26.6. The molecule has 2 aromatic heterocycles. The summed E-state index contributed by atoms with van der Waals surface area (Å²) in [4.78, 5) is 26.8. The molecule has 2 saturated heterocycles. The number of benzene rings is 1. The van der Waals surface area contributed by atoms with Gasteiger partial charge in [-0.1, -0.05) is 30.2 Å². The number of nitrogens with one attached hydrogen (secondary N) is 1. The Morgan fingerprint density at radius 1 is 1.00 bits per heavy atom. The number of aryl methyl sites for hydroxylation is 1. The second kappa shape index (κ2) is 12.7. The van der Waals surface area contributed by atoms with E-state index in [-0.39, 0.29) is 17.8 Å². The minimum absolute atomic E-state index is 0.0131. The smallest absolute Gasteiger partial charge is 0.275 e. The summed E-state index contributed by atoms with van der Waals surface area (Å²) in [5.41, 5.74) is 1.95. The van der Waals surface area contributed by atoms with E-state index in [2.05, 4.69) is 20.2 Å². The molecule has 0 saturated carbocycles. The van der Waals surface area contributed by atoms with Crippen molar-refractivity contribution in [2.75, 3.05) is 38.0 Å². The molecule has 202 valence electrons. The number of likely N-dealkylation sites (tertiary alicyclic amines) is 2. The molecule has 2 aliphatic heterocycles. The predicted molar refractivity (Wildman–Crippen MR) is 147 cm³/mol. The van der Waals surface area contributed by atoms with Gasteiger partial charge in [-0.05, 0) is 75.9 Å². The van der Waals surface area contributed by atoms with Gasteiger partial charge in [-0.25, -0.2) is 14.4 Å². The van der Waals surface area contributed by atoms with Crippen molar-refractivity contribution in [3.8, 4) is 11.1 Å². The number of carbonyl (C=O) groups is 1. The van der Waals surface area contributed by atoms with Crippen LogP contribution < -0.4 is 5.32 Å². The molecular weight excluding hydrogens is 505 g/mol. The number of piperidine rings is 2. The number of nitrogens with zero attached hydrogens (tertiary/aromatic N) is 6. The van der Waals surface area contributed by atoms with Crippen molar-refractivity contribution in [1.82, 2.24) is 29.5 Å². The lowest BCUT2D eigenvalue weighted by Crippen LogP contribution is -2.47. The van der Waals surface area contributed by atoms with E-state index in [1.165, 1.54) is 31.4 Å². The fourth-order valence-corrected chi connectivity index (χ4v) is 5.50. The molecule has 1 unspecified atom stereocenters. The van der Waals surface area contributed by atoms with Crippen LogP contribution in [0.15, 0.2) is 42.9 Å². The molecule has 10 heteroatoms. The van der Waals surface area contributed by atoms with Crippen molar-refractivity contribution in [2.45, 2.75) is 57.5 Å². The van der Waals surface area contributed by atoms with Crippen molar-refractivity contribution >= 4 is 23.5 Å². The Labute approximate surface area is 228 Å². The second-order valence-electron chi connectivity index (χ2n) is 10.2. The summed E-state index contributed by atoms with van der Waals surface area (Å²) < 4.78 is 15.6. The molecule has 3 aromatic rings. The lowest BCUT2D eigenvalue weighted by Gasteiger charge is -2.35. The number of aromatic nitrogens is 4. The third-order valence-corrected chi connectivity index (χ3v) is 7.63. The maximum absolute atomic E-state index is 14.0. The molecule has 0 radical (unpaired) electrons. The Kier molecular flexibility index (Phi) is 8.86. The third-order valence-electron chi connectivity index (χ3n) is 7.43. The molecule has 38 heavy (non-hydrogen) atoms. The second-order valence-corrected chi connectivity index (χ2v) is 10.6. The first-order chi connectivity index (χ1) is 18.6. The highest BCUT2D eigenvalue weighted by atomic mass is 35.5. The van der Waals surface area contributed by atoms with E-state index in [9.17, 15) is 9.18 Å². The number of amides is 1. The van der Waals surface area contributed by atoms with E-state index in [1.54, 1.807) is 24.5 Å². The van der Waals surface area contributed by atoms with Gasteiger partial charge < -0.3 is 15.1 Å². The van der Waals surface area contributed by atoms with Gasteiger partial charge in [0.1, 0.15) is 5.82 Å². The Morgan fingerprint density at radius 3 is 2.50 bits per heavy atom. The minimum atomic E-state index is -0.304. The molecule has 0 aliphatic carbocycles. The summed E-state index contributed by atoms with van der Waals surface area (Å²) in [6.07, 6.45) is 12.7. The standard InChI is InChI=1S/C28H35ClFN7O/c29-22-17-31-28(32-18-22)33-19-24-7-2-5-16-37(24)27(38)26-25(21-8-10-23(30)11-9-21)20-36(34-26)15-6-14-35-12-3-1-4-13-35/h8-11,17-18,20,24H,1-7,12-16,19H2,(H,31,32,33). The van der Waals surface area contributed by atoms with Crippen molar-refractivity contribution in [1.29, 1.82) is 0 Å². The quantitative estimate of drug-likeness (QED) is 0.407. The molecule has 2 aliphatic rings. The molecular formula is C28H35ClFN7O. The molecule has 2 fully saturated rings. The zero-order chi connectivity index (χ0) is 26.3. The fourth-order valence-electron chi connectivity index (χ4n) is 5.40. The Hall–Kier alpha value is -3.04. The monoisotopic (exact) mass is 539 g/mol. The number of carbonyl (C=O) groups excluding carboxylic acids is 1. The van der Waals surface area contributed by atoms with E-state index in [0.717, 1.165) is 63.0 Å². The van der Waals surface area contributed by atoms with Crippen LogP contribution in [0.5, 0.6) is 0 Å². The van der Waals surface area contributed by atoms with Crippen molar-refractivity contribution < 1.29 is 9.18 Å². The van der Waals surface area contributed by atoms with Crippen molar-refractivity contribution in [3.05, 3.63) is 59.4 Å². The maximum Gasteiger partial charge on any atom is 0.275 e. The lowest BCUT2D eigenvalue weighted by molar-refractivity contribution is 0.0621. The summed E-state index contributed by atoms with van der Waals surface area (Å²) >= 11 is 5.90. The van der Waals surface area contributed by atoms with Gasteiger partial charge in [0.25, 0.3) is 5.91 Å². The molecule has 1 aromatic carbocycles. The van der Waals surface area contributed by atoms with Gasteiger partial charge in [0.2, 0.25) is 5.95 Å². The van der Waals surface area contributed by atoms with Crippen LogP contribution >= 0.6 is 11.6 Å². The fraction of sp³-hybridized carbons (Fsp3) is 0.500. The number of halogens is 2. The molecule has 5 rings (SSSR count). The molecule has 4 heterocycles. The van der Waals surface area contributed by atoms with Crippen LogP contribution in [0.1, 0.15) is 55.4 Å². The van der Waals surface area contributed by atoms with Crippen LogP contribution in [0.25, 0.3) is 11.1 Å². The van der Waals surface area contributed by atoms with E-state index >= 15 is 0 Å². The zero-order valence-electron chi connectivity index (χ0n) is 21.7. The first-order valence-corrected chi connectivity index (χ1v) is 14.0. The Morgan fingerprint density at radius 2 is 1.74 bits per heavy atom. The van der Waals surface area contributed by atoms with Gasteiger partial charge in [0.05, 0.1) is 17.4 Å². The normalized spacial score (nSPS) is 18.5. The number of rotatable bonds is 9. The number of hydrogen-bond donors (Lipinski definition) is 1. The van der Waals surface area contributed by atoms with Crippen molar-refractivity contribution in [2.24, 2.45) is 0 Å². The van der Waals surface area contributed by atoms with E-state index in [1.807, 2.05) is 15.8 Å². The van der Waals surface area contributed by atoms with Crippen LogP contribution in [-0.2, 0) is 6.54 Å². The summed E-state index contributed by atoms with van der Waals surface area (Å²) in [6.45, 7) is 5.29. The highest BCUT2D eigenvalue weighted by Gasteiger charge is 2.31. The summed E-state index contributed by atoms with van der Waals surface area (Å²) in [5.74, 6) is 0.0853. The van der Waals surface area contributed by atoms with E-state index < -0.39 is 0 Å². The number of hydrogen-bond acceptors (Lipinski definition) is 6. The Balaban J connectivity index is 1.33. The van der Waals surface area contributed by atoms with Crippen LogP contribution in [0.2, 0.25) is 5.02 Å². The van der Waals surface area contributed by atoms with Crippen LogP contribution in [0, 0.1) is 5.82 Å². The van der Waals surface area contributed by atoms with E-state index in [0.29, 0.717) is 29.8 Å². The highest BCUT2D eigenvalue weighted by molar-refractivity contribution is 6.30. The number of anilines is 1. The van der Waals surface area contributed by atoms with Gasteiger partial charge >= 0.3 is 0 Å². The molecule has 0 spiro atoms. The minimum Gasteiger partial charge on any atom is -0.352 e. The molecule has 1 N–H and O–H groups in total. The summed E-state index contributed by atoms with van der Waals surface area (Å²) in [5, 5.41) is 8.51. The van der Waals surface area contributed by atoms with Gasteiger partial charge in [-0.3, -0.25) is 9.48 Å². The first-order valence-electron chi connectivity index (χ1n) is 13.6. The van der Waals surface area contributed by atoms with Gasteiger partial charge in [0.15, 0.2) is 5.69 Å². The third kappa shape index (κ3) is 6.69. The van der Waals surface area contributed by atoms with Gasteiger partial charge in [-0.15, -0.1) is 0 Å². The van der Waals surface area contributed by atoms with Gasteiger partial charge in [-0.2, -0.15) is 5.10 Å². The lowest BCUT2D eigenvalue weighted by atomic mass is 10.00. The molecule has 0 bridgehead atoms. The van der Waals surface area contributed by atoms with Crippen LogP contribution in [0.3, 0.4) is 0 Å². The summed E-state index contributed by atoms with van der Waals surface area (Å²) in [6, 6.07) is 6.28. The molecule has 1 amide bonds. The molecule has 8 nitrogen and oxygen atoms in total. The SMILES string of the molecule is O=C(c1nn(CCCN2CCCCC2)cc1-c1ccc(F)cc1)N1CCCCC1CNc1ncc(Cl)cn1. The zero-order valence-corrected chi connectivity index (χ0v) is 22.4.